The maximum absolute atomic E-state index is 13.6. The van der Waals surface area contributed by atoms with E-state index < -0.39 is 5.82 Å². The molecule has 0 atom stereocenters. The molecule has 0 aliphatic carbocycles. The fourth-order valence-corrected chi connectivity index (χ4v) is 3.13. The minimum Gasteiger partial charge on any atom is -0.489 e. The van der Waals surface area contributed by atoms with E-state index in [4.69, 9.17) is 13.9 Å². The number of benzene rings is 3. The number of ether oxygens (including phenoxy) is 2. The molecule has 4 aromatic rings. The molecule has 0 unspecified atom stereocenters. The van der Waals surface area contributed by atoms with E-state index in [1.165, 1.54) is 11.0 Å². The molecule has 0 saturated heterocycles. The Morgan fingerprint density at radius 1 is 0.935 bits per heavy atom. The second-order valence-corrected chi connectivity index (χ2v) is 7.07. The lowest BCUT2D eigenvalue weighted by molar-refractivity contribution is 0.0737. The van der Waals surface area contributed by atoms with Crippen LogP contribution in [0.4, 0.5) is 4.39 Å². The highest BCUT2D eigenvalue weighted by Crippen LogP contribution is 2.22. The van der Waals surface area contributed by atoms with Gasteiger partial charge < -0.3 is 18.8 Å². The number of amides is 1. The van der Waals surface area contributed by atoms with E-state index in [-0.39, 0.29) is 37.2 Å². The Balaban J connectivity index is 1.29. The van der Waals surface area contributed by atoms with Crippen LogP contribution in [0.2, 0.25) is 0 Å². The molecule has 0 fully saturated rings. The largest absolute Gasteiger partial charge is 0.489 e. The van der Waals surface area contributed by atoms with Gasteiger partial charge in [-0.2, -0.15) is 0 Å². The molecule has 3 aromatic carbocycles. The number of likely N-dealkylation sites (N-methyl/N-ethyl adjacent to an activating group) is 1. The van der Waals surface area contributed by atoms with E-state index >= 15 is 0 Å². The molecular weight excluding hydrogens is 397 g/mol. The highest BCUT2D eigenvalue weighted by molar-refractivity contribution is 5.91. The number of rotatable bonds is 8. The predicted octanol–water partition coefficient (Wildman–Crippen LogP) is 5.30. The third-order valence-electron chi connectivity index (χ3n) is 4.84. The van der Waals surface area contributed by atoms with Crippen molar-refractivity contribution >= 4 is 16.7 Å². The second-order valence-electron chi connectivity index (χ2n) is 7.07. The second kappa shape index (κ2) is 9.34. The molecule has 0 spiro atoms. The standard InChI is InChI=1S/C25H22FNO4/c1-27(14-15-29-23-9-5-4-8-22(23)26)25(28)24-13-12-21(31-24)17-30-20-11-10-18-6-2-3-7-19(18)16-20/h2-13,16H,14-15,17H2,1H3. The zero-order valence-electron chi connectivity index (χ0n) is 17.1. The summed E-state index contributed by atoms with van der Waals surface area (Å²) in [5.74, 6) is 0.936. The topological polar surface area (TPSA) is 51.9 Å². The Kier molecular flexibility index (Phi) is 6.17. The van der Waals surface area contributed by atoms with Gasteiger partial charge in [-0.15, -0.1) is 0 Å². The maximum Gasteiger partial charge on any atom is 0.289 e. The Bertz CT molecular complexity index is 1190. The van der Waals surface area contributed by atoms with Crippen LogP contribution in [0.25, 0.3) is 10.8 Å². The van der Waals surface area contributed by atoms with E-state index in [9.17, 15) is 9.18 Å². The lowest BCUT2D eigenvalue weighted by Crippen LogP contribution is -2.30. The molecule has 4 rings (SSSR count). The molecule has 0 bridgehead atoms. The fourth-order valence-electron chi connectivity index (χ4n) is 3.13. The fraction of sp³-hybridized carbons (Fsp3) is 0.160. The van der Waals surface area contributed by atoms with Crippen molar-refractivity contribution in [3.63, 3.8) is 0 Å². The third-order valence-corrected chi connectivity index (χ3v) is 4.84. The van der Waals surface area contributed by atoms with Crippen LogP contribution in [0.5, 0.6) is 11.5 Å². The SMILES string of the molecule is CN(CCOc1ccccc1F)C(=O)c1ccc(COc2ccc3ccccc3c2)o1. The van der Waals surface area contributed by atoms with Gasteiger partial charge in [0, 0.05) is 7.05 Å². The lowest BCUT2D eigenvalue weighted by atomic mass is 10.1. The van der Waals surface area contributed by atoms with Crippen molar-refractivity contribution in [1.29, 1.82) is 0 Å². The third kappa shape index (κ3) is 5.04. The van der Waals surface area contributed by atoms with Crippen molar-refractivity contribution < 1.29 is 23.1 Å². The average molecular weight is 419 g/mol. The van der Waals surface area contributed by atoms with Gasteiger partial charge in [-0.3, -0.25) is 4.79 Å². The van der Waals surface area contributed by atoms with Gasteiger partial charge in [0.1, 0.15) is 24.7 Å². The number of nitrogens with zero attached hydrogens (tertiary/aromatic N) is 1. The number of hydrogen-bond donors (Lipinski definition) is 0. The van der Waals surface area contributed by atoms with Gasteiger partial charge >= 0.3 is 0 Å². The summed E-state index contributed by atoms with van der Waals surface area (Å²) in [5.41, 5.74) is 0. The van der Waals surface area contributed by atoms with Crippen LogP contribution < -0.4 is 9.47 Å². The van der Waals surface area contributed by atoms with Crippen LogP contribution in [0.1, 0.15) is 16.3 Å². The highest BCUT2D eigenvalue weighted by Gasteiger charge is 2.16. The van der Waals surface area contributed by atoms with E-state index in [1.54, 1.807) is 37.4 Å². The molecule has 1 amide bonds. The van der Waals surface area contributed by atoms with Gasteiger partial charge in [0.15, 0.2) is 17.3 Å². The van der Waals surface area contributed by atoms with Gasteiger partial charge in [-0.25, -0.2) is 4.39 Å². The first-order valence-corrected chi connectivity index (χ1v) is 9.93. The van der Waals surface area contributed by atoms with Crippen LogP contribution in [-0.2, 0) is 6.61 Å². The number of fused-ring (bicyclic) bond motifs is 1. The first-order valence-electron chi connectivity index (χ1n) is 9.93. The first kappa shape index (κ1) is 20.5. The minimum absolute atomic E-state index is 0.162. The molecule has 0 saturated carbocycles. The normalized spacial score (nSPS) is 10.8. The van der Waals surface area contributed by atoms with E-state index in [1.807, 2.05) is 42.5 Å². The summed E-state index contributed by atoms with van der Waals surface area (Å²) in [5, 5.41) is 2.23. The van der Waals surface area contributed by atoms with Gasteiger partial charge in [0.05, 0.1) is 6.54 Å². The summed E-state index contributed by atoms with van der Waals surface area (Å²) in [7, 11) is 1.64. The quantitative estimate of drug-likeness (QED) is 0.389. The monoisotopic (exact) mass is 419 g/mol. The maximum atomic E-state index is 13.6. The highest BCUT2D eigenvalue weighted by atomic mass is 19.1. The van der Waals surface area contributed by atoms with Gasteiger partial charge in [-0.05, 0) is 47.2 Å². The molecule has 1 heterocycles. The van der Waals surface area contributed by atoms with Crippen molar-refractivity contribution in [2.45, 2.75) is 6.61 Å². The number of carbonyl (C=O) groups is 1. The minimum atomic E-state index is -0.432. The number of carbonyl (C=O) groups excluding carboxylic acids is 1. The van der Waals surface area contributed by atoms with Gasteiger partial charge in [0.25, 0.3) is 5.91 Å². The average Bonchev–Trinajstić information content (AvgIpc) is 3.27. The summed E-state index contributed by atoms with van der Waals surface area (Å²) in [6.07, 6.45) is 0. The summed E-state index contributed by atoms with van der Waals surface area (Å²) >= 11 is 0. The Morgan fingerprint density at radius 3 is 2.55 bits per heavy atom. The molecule has 0 radical (unpaired) electrons. The molecule has 0 aliphatic heterocycles. The molecule has 6 heteroatoms. The molecule has 0 aliphatic rings. The molecule has 158 valence electrons. The molecule has 0 N–H and O–H groups in total. The molecular formula is C25H22FNO4. The zero-order valence-corrected chi connectivity index (χ0v) is 17.1. The smallest absolute Gasteiger partial charge is 0.289 e. The lowest BCUT2D eigenvalue weighted by Gasteiger charge is -2.16. The molecule has 31 heavy (non-hydrogen) atoms. The van der Waals surface area contributed by atoms with Crippen LogP contribution in [0.15, 0.2) is 83.3 Å². The first-order chi connectivity index (χ1) is 15.1. The van der Waals surface area contributed by atoms with Crippen LogP contribution in [0.3, 0.4) is 0 Å². The Hall–Kier alpha value is -3.80. The summed E-state index contributed by atoms with van der Waals surface area (Å²) in [6, 6.07) is 23.4. The number of furan rings is 1. The van der Waals surface area contributed by atoms with Crippen LogP contribution >= 0.6 is 0 Å². The summed E-state index contributed by atoms with van der Waals surface area (Å²) in [4.78, 5) is 14.0. The Morgan fingerprint density at radius 2 is 1.71 bits per heavy atom. The van der Waals surface area contributed by atoms with Crippen molar-refractivity contribution in [2.24, 2.45) is 0 Å². The van der Waals surface area contributed by atoms with E-state index in [0.29, 0.717) is 5.76 Å². The summed E-state index contributed by atoms with van der Waals surface area (Å²) < 4.78 is 30.4. The van der Waals surface area contributed by atoms with E-state index in [2.05, 4.69) is 0 Å². The summed E-state index contributed by atoms with van der Waals surface area (Å²) in [6.45, 7) is 0.671. The predicted molar refractivity (Wildman–Crippen MR) is 116 cm³/mol. The van der Waals surface area contributed by atoms with Crippen molar-refractivity contribution in [3.05, 3.63) is 96.2 Å². The zero-order chi connectivity index (χ0) is 21.6. The van der Waals surface area contributed by atoms with Gasteiger partial charge in [-0.1, -0.05) is 42.5 Å². The van der Waals surface area contributed by atoms with E-state index in [0.717, 1.165) is 16.5 Å². The van der Waals surface area contributed by atoms with Gasteiger partial charge in [0.2, 0.25) is 0 Å². The van der Waals surface area contributed by atoms with Crippen molar-refractivity contribution in [1.82, 2.24) is 4.90 Å². The van der Waals surface area contributed by atoms with Crippen molar-refractivity contribution in [3.8, 4) is 11.5 Å². The number of halogens is 1. The molecule has 1 aromatic heterocycles. The van der Waals surface area contributed by atoms with Crippen LogP contribution in [0, 0.1) is 5.82 Å². The number of para-hydroxylation sites is 1. The number of hydrogen-bond acceptors (Lipinski definition) is 4. The Labute approximate surface area is 179 Å². The van der Waals surface area contributed by atoms with Crippen molar-refractivity contribution in [2.75, 3.05) is 20.2 Å². The van der Waals surface area contributed by atoms with Crippen LogP contribution in [-0.4, -0.2) is 31.0 Å². The molecule has 5 nitrogen and oxygen atoms in total.